The monoisotopic (exact) mass is 479 g/mol. The van der Waals surface area contributed by atoms with Crippen molar-refractivity contribution in [3.63, 3.8) is 0 Å². The number of benzene rings is 2. The van der Waals surface area contributed by atoms with Gasteiger partial charge in [0, 0.05) is 16.6 Å². The quantitative estimate of drug-likeness (QED) is 0.297. The summed E-state index contributed by atoms with van der Waals surface area (Å²) in [6.07, 6.45) is 1.23. The number of ether oxygens (including phenoxy) is 1. The maximum atomic E-state index is 12.1. The molecule has 150 valence electrons. The van der Waals surface area contributed by atoms with Crippen molar-refractivity contribution >= 4 is 37.9 Å². The second-order valence-corrected chi connectivity index (χ2v) is 8.23. The van der Waals surface area contributed by atoms with E-state index < -0.39 is 14.9 Å². The molecule has 3 rings (SSSR count). The van der Waals surface area contributed by atoms with Gasteiger partial charge in [-0.1, -0.05) is 15.9 Å². The van der Waals surface area contributed by atoms with Crippen LogP contribution in [0.15, 0.2) is 79.6 Å². The number of sulfonamides is 1. The van der Waals surface area contributed by atoms with Gasteiger partial charge in [0.1, 0.15) is 23.9 Å². The molecule has 9 nitrogen and oxygen atoms in total. The van der Waals surface area contributed by atoms with E-state index in [1.807, 2.05) is 0 Å². The Hall–Kier alpha value is -3.18. The lowest BCUT2D eigenvalue weighted by atomic mass is 10.3. The van der Waals surface area contributed by atoms with E-state index in [1.54, 1.807) is 24.3 Å². The highest BCUT2D eigenvalue weighted by Gasteiger charge is 2.12. The third-order valence-electron chi connectivity index (χ3n) is 3.60. The molecule has 0 atom stereocenters. The normalized spacial score (nSPS) is 11.5. The molecule has 0 aliphatic carbocycles. The first-order valence-corrected chi connectivity index (χ1v) is 10.4. The molecule has 1 aromatic heterocycles. The summed E-state index contributed by atoms with van der Waals surface area (Å²) in [6.45, 7) is 0.0935. The van der Waals surface area contributed by atoms with Gasteiger partial charge in [0.05, 0.1) is 16.0 Å². The first kappa shape index (κ1) is 20.6. The van der Waals surface area contributed by atoms with Crippen LogP contribution in [0.1, 0.15) is 11.5 Å². The van der Waals surface area contributed by atoms with Crippen molar-refractivity contribution in [3.8, 4) is 5.75 Å². The third-order valence-corrected chi connectivity index (χ3v) is 5.37. The molecule has 0 unspecified atom stereocenters. The minimum absolute atomic E-state index is 0.0283. The van der Waals surface area contributed by atoms with Gasteiger partial charge < -0.3 is 9.15 Å². The molecule has 0 amide bonds. The van der Waals surface area contributed by atoms with Crippen molar-refractivity contribution in [2.75, 3.05) is 0 Å². The van der Waals surface area contributed by atoms with E-state index in [0.29, 0.717) is 17.3 Å². The predicted octanol–water partition coefficient (Wildman–Crippen LogP) is 3.84. The summed E-state index contributed by atoms with van der Waals surface area (Å²) in [6, 6.07) is 15.0. The minimum Gasteiger partial charge on any atom is -0.486 e. The summed E-state index contributed by atoms with van der Waals surface area (Å²) in [4.78, 5) is 12.3. The lowest BCUT2D eigenvalue weighted by molar-refractivity contribution is -0.384. The Labute approximate surface area is 174 Å². The van der Waals surface area contributed by atoms with Crippen LogP contribution in [0.3, 0.4) is 0 Å². The van der Waals surface area contributed by atoms with Crippen molar-refractivity contribution < 1.29 is 22.5 Å². The van der Waals surface area contributed by atoms with Crippen LogP contribution in [-0.2, 0) is 16.6 Å². The molecule has 0 saturated carbocycles. The van der Waals surface area contributed by atoms with Gasteiger partial charge >= 0.3 is 0 Å². The number of non-ortho nitro benzene ring substituents is 1. The molecule has 0 saturated heterocycles. The smallest absolute Gasteiger partial charge is 0.276 e. The van der Waals surface area contributed by atoms with Gasteiger partial charge in [-0.15, -0.1) is 0 Å². The average molecular weight is 480 g/mol. The molecule has 0 fully saturated rings. The van der Waals surface area contributed by atoms with E-state index in [9.17, 15) is 18.5 Å². The Morgan fingerprint density at radius 2 is 1.79 bits per heavy atom. The van der Waals surface area contributed by atoms with Gasteiger partial charge in [0.15, 0.2) is 0 Å². The standard InChI is InChI=1S/C18H14BrN3O6S/c19-13-1-9-18(10-2-13)29(25,26)21-20-11-16-7-8-17(28-16)12-27-15-5-3-14(4-6-15)22(23)24/h1-11,21H,12H2/b20-11-. The second kappa shape index (κ2) is 8.88. The number of hydrogen-bond donors (Lipinski definition) is 1. The minimum atomic E-state index is -3.78. The molecule has 0 aliphatic rings. The fraction of sp³-hybridized carbons (Fsp3) is 0.0556. The molecule has 1 heterocycles. The van der Waals surface area contributed by atoms with Gasteiger partial charge in [0.25, 0.3) is 15.7 Å². The summed E-state index contributed by atoms with van der Waals surface area (Å²) >= 11 is 3.24. The molecular formula is C18H14BrN3O6S. The molecule has 0 aliphatic heterocycles. The fourth-order valence-corrected chi connectivity index (χ4v) is 3.24. The average Bonchev–Trinajstić information content (AvgIpc) is 3.14. The van der Waals surface area contributed by atoms with Crippen molar-refractivity contribution in [1.29, 1.82) is 0 Å². The van der Waals surface area contributed by atoms with Gasteiger partial charge in [-0.25, -0.2) is 0 Å². The molecule has 1 N–H and O–H groups in total. The van der Waals surface area contributed by atoms with Crippen molar-refractivity contribution in [3.05, 3.63) is 86.8 Å². The topological polar surface area (TPSA) is 124 Å². The molecule has 3 aromatic rings. The number of hydrogen-bond acceptors (Lipinski definition) is 7. The lowest BCUT2D eigenvalue weighted by Crippen LogP contribution is -2.18. The Balaban J connectivity index is 1.55. The summed E-state index contributed by atoms with van der Waals surface area (Å²) in [5.41, 5.74) is -0.0283. The van der Waals surface area contributed by atoms with Crippen molar-refractivity contribution in [2.24, 2.45) is 5.10 Å². The van der Waals surface area contributed by atoms with E-state index in [-0.39, 0.29) is 17.2 Å². The summed E-state index contributed by atoms with van der Waals surface area (Å²) in [7, 11) is -3.78. The van der Waals surface area contributed by atoms with Crippen LogP contribution < -0.4 is 9.57 Å². The largest absolute Gasteiger partial charge is 0.486 e. The second-order valence-electron chi connectivity index (χ2n) is 5.65. The molecule has 0 bridgehead atoms. The molecule has 2 aromatic carbocycles. The number of nitro benzene ring substituents is 1. The first-order chi connectivity index (χ1) is 13.8. The van der Waals surface area contributed by atoms with Crippen LogP contribution in [0.5, 0.6) is 5.75 Å². The van der Waals surface area contributed by atoms with Gasteiger partial charge in [-0.2, -0.15) is 18.4 Å². The third kappa shape index (κ3) is 5.65. The molecule has 0 radical (unpaired) electrons. The Morgan fingerprint density at radius 3 is 2.45 bits per heavy atom. The Kier molecular flexibility index (Phi) is 6.29. The van der Waals surface area contributed by atoms with Gasteiger partial charge in [0.2, 0.25) is 0 Å². The van der Waals surface area contributed by atoms with E-state index in [4.69, 9.17) is 9.15 Å². The zero-order valence-corrected chi connectivity index (χ0v) is 17.1. The highest BCUT2D eigenvalue weighted by Crippen LogP contribution is 2.19. The van der Waals surface area contributed by atoms with E-state index >= 15 is 0 Å². The van der Waals surface area contributed by atoms with E-state index in [2.05, 4.69) is 25.9 Å². The fourth-order valence-electron chi connectivity index (χ4n) is 2.19. The Bertz CT molecular complexity index is 1130. The van der Waals surface area contributed by atoms with Crippen LogP contribution in [0.25, 0.3) is 0 Å². The maximum absolute atomic E-state index is 12.1. The zero-order valence-electron chi connectivity index (χ0n) is 14.7. The predicted molar refractivity (Wildman–Crippen MR) is 108 cm³/mol. The number of hydrazone groups is 1. The van der Waals surface area contributed by atoms with Crippen molar-refractivity contribution in [1.82, 2.24) is 4.83 Å². The number of halogens is 1. The summed E-state index contributed by atoms with van der Waals surface area (Å²) in [5.74, 6) is 1.25. The molecular weight excluding hydrogens is 466 g/mol. The van der Waals surface area contributed by atoms with Gasteiger partial charge in [-0.3, -0.25) is 10.1 Å². The summed E-state index contributed by atoms with van der Waals surface area (Å²) < 4.78 is 36.0. The Morgan fingerprint density at radius 1 is 1.10 bits per heavy atom. The number of nitro groups is 1. The van der Waals surface area contributed by atoms with E-state index in [1.165, 1.54) is 42.6 Å². The maximum Gasteiger partial charge on any atom is 0.276 e. The molecule has 0 spiro atoms. The van der Waals surface area contributed by atoms with Crippen LogP contribution in [-0.4, -0.2) is 19.6 Å². The van der Waals surface area contributed by atoms with Crippen LogP contribution >= 0.6 is 15.9 Å². The molecule has 11 heteroatoms. The van der Waals surface area contributed by atoms with Crippen LogP contribution in [0.2, 0.25) is 0 Å². The summed E-state index contributed by atoms with van der Waals surface area (Å²) in [5, 5.41) is 14.3. The number of nitrogens with zero attached hydrogens (tertiary/aromatic N) is 2. The number of nitrogens with one attached hydrogen (secondary N) is 1. The SMILES string of the molecule is O=[N+]([O-])c1ccc(OCc2ccc(/C=N\NS(=O)(=O)c3ccc(Br)cc3)o2)cc1. The van der Waals surface area contributed by atoms with Crippen LogP contribution in [0, 0.1) is 10.1 Å². The number of furan rings is 1. The lowest BCUT2D eigenvalue weighted by Gasteiger charge is -2.03. The highest BCUT2D eigenvalue weighted by molar-refractivity contribution is 9.10. The van der Waals surface area contributed by atoms with Gasteiger partial charge in [-0.05, 0) is 48.5 Å². The molecule has 29 heavy (non-hydrogen) atoms. The zero-order chi connectivity index (χ0) is 20.9. The highest BCUT2D eigenvalue weighted by atomic mass is 79.9. The van der Waals surface area contributed by atoms with Crippen LogP contribution in [0.4, 0.5) is 5.69 Å². The number of rotatable bonds is 8. The van der Waals surface area contributed by atoms with Crippen molar-refractivity contribution in [2.45, 2.75) is 11.5 Å². The van der Waals surface area contributed by atoms with E-state index in [0.717, 1.165) is 4.47 Å². The first-order valence-electron chi connectivity index (χ1n) is 8.10.